The third kappa shape index (κ3) is 2.95. The maximum absolute atomic E-state index is 11.7. The molecule has 0 radical (unpaired) electrons. The summed E-state index contributed by atoms with van der Waals surface area (Å²) in [6, 6.07) is 1.01. The molecular formula is C12H22N2O2. The van der Waals surface area contributed by atoms with Crippen LogP contribution in [0.1, 0.15) is 32.6 Å². The summed E-state index contributed by atoms with van der Waals surface area (Å²) in [5.74, 6) is -0.119. The molecule has 92 valence electrons. The molecule has 1 aliphatic heterocycles. The van der Waals surface area contributed by atoms with Crippen molar-refractivity contribution in [2.45, 2.75) is 50.7 Å². The lowest BCUT2D eigenvalue weighted by molar-refractivity contribution is -0.143. The fourth-order valence-electron chi connectivity index (χ4n) is 2.37. The van der Waals surface area contributed by atoms with Gasteiger partial charge in [-0.1, -0.05) is 0 Å². The van der Waals surface area contributed by atoms with Crippen LogP contribution in [0.5, 0.6) is 0 Å². The molecule has 0 amide bonds. The SMILES string of the molecule is COC(=O)C(CN1CCCC1C)NC1CC1. The zero-order valence-electron chi connectivity index (χ0n) is 10.2. The number of ether oxygens (including phenoxy) is 1. The van der Waals surface area contributed by atoms with Gasteiger partial charge < -0.3 is 10.1 Å². The minimum Gasteiger partial charge on any atom is -0.468 e. The highest BCUT2D eigenvalue weighted by atomic mass is 16.5. The van der Waals surface area contributed by atoms with Crippen molar-refractivity contribution in [3.8, 4) is 0 Å². The molecule has 1 saturated heterocycles. The Bertz CT molecular complexity index is 253. The third-order valence-electron chi connectivity index (χ3n) is 3.61. The molecule has 1 saturated carbocycles. The van der Waals surface area contributed by atoms with E-state index < -0.39 is 0 Å². The average Bonchev–Trinajstić information content (AvgIpc) is 3.01. The molecule has 1 aliphatic carbocycles. The Morgan fingerprint density at radius 3 is 2.75 bits per heavy atom. The molecule has 16 heavy (non-hydrogen) atoms. The van der Waals surface area contributed by atoms with Gasteiger partial charge in [0.25, 0.3) is 0 Å². The fourth-order valence-corrected chi connectivity index (χ4v) is 2.37. The number of methoxy groups -OCH3 is 1. The Morgan fingerprint density at radius 1 is 1.50 bits per heavy atom. The Kier molecular flexibility index (Phi) is 3.82. The van der Waals surface area contributed by atoms with Crippen LogP contribution < -0.4 is 5.32 Å². The van der Waals surface area contributed by atoms with E-state index in [1.165, 1.54) is 32.8 Å². The number of likely N-dealkylation sites (tertiary alicyclic amines) is 1. The van der Waals surface area contributed by atoms with Crippen LogP contribution in [0.2, 0.25) is 0 Å². The standard InChI is InChI=1S/C12H22N2O2/c1-9-4-3-7-14(9)8-11(12(15)16-2)13-10-5-6-10/h9-11,13H,3-8H2,1-2H3. The summed E-state index contributed by atoms with van der Waals surface area (Å²) in [5, 5.41) is 3.37. The molecule has 0 spiro atoms. The van der Waals surface area contributed by atoms with Crippen LogP contribution in [0.25, 0.3) is 0 Å². The van der Waals surface area contributed by atoms with Gasteiger partial charge in [0.1, 0.15) is 6.04 Å². The van der Waals surface area contributed by atoms with E-state index >= 15 is 0 Å². The number of nitrogens with one attached hydrogen (secondary N) is 1. The Labute approximate surface area is 97.3 Å². The molecule has 4 heteroatoms. The molecule has 0 bridgehead atoms. The van der Waals surface area contributed by atoms with Gasteiger partial charge in [-0.05, 0) is 39.2 Å². The second-order valence-corrected chi connectivity index (χ2v) is 5.00. The van der Waals surface area contributed by atoms with Gasteiger partial charge in [-0.3, -0.25) is 9.69 Å². The van der Waals surface area contributed by atoms with Crippen LogP contribution in [0, 0.1) is 0 Å². The molecule has 2 fully saturated rings. The van der Waals surface area contributed by atoms with E-state index in [2.05, 4.69) is 17.1 Å². The molecule has 1 N–H and O–H groups in total. The Morgan fingerprint density at radius 2 is 2.25 bits per heavy atom. The van der Waals surface area contributed by atoms with Crippen molar-refractivity contribution in [2.24, 2.45) is 0 Å². The average molecular weight is 226 g/mol. The van der Waals surface area contributed by atoms with E-state index in [4.69, 9.17) is 4.74 Å². The lowest BCUT2D eigenvalue weighted by atomic mass is 10.2. The zero-order valence-corrected chi connectivity index (χ0v) is 10.2. The monoisotopic (exact) mass is 226 g/mol. The first kappa shape index (κ1) is 11.9. The van der Waals surface area contributed by atoms with Crippen LogP contribution in [0.4, 0.5) is 0 Å². The number of nitrogens with zero attached hydrogens (tertiary/aromatic N) is 1. The maximum atomic E-state index is 11.7. The minimum absolute atomic E-state index is 0.119. The molecule has 2 rings (SSSR count). The van der Waals surface area contributed by atoms with Gasteiger partial charge in [0, 0.05) is 18.6 Å². The quantitative estimate of drug-likeness (QED) is 0.703. The topological polar surface area (TPSA) is 41.6 Å². The van der Waals surface area contributed by atoms with Crippen molar-refractivity contribution in [3.63, 3.8) is 0 Å². The maximum Gasteiger partial charge on any atom is 0.324 e. The molecule has 2 atom stereocenters. The lowest BCUT2D eigenvalue weighted by Gasteiger charge is -2.26. The van der Waals surface area contributed by atoms with E-state index in [0.717, 1.165) is 13.1 Å². The highest BCUT2D eigenvalue weighted by Crippen LogP contribution is 2.21. The van der Waals surface area contributed by atoms with E-state index in [-0.39, 0.29) is 12.0 Å². The third-order valence-corrected chi connectivity index (χ3v) is 3.61. The first-order chi connectivity index (χ1) is 7.70. The summed E-state index contributed by atoms with van der Waals surface area (Å²) in [4.78, 5) is 14.0. The molecule has 2 aliphatic rings. The lowest BCUT2D eigenvalue weighted by Crippen LogP contribution is -2.48. The van der Waals surface area contributed by atoms with Gasteiger partial charge in [-0.25, -0.2) is 0 Å². The highest BCUT2D eigenvalue weighted by Gasteiger charge is 2.32. The molecule has 1 heterocycles. The normalized spacial score (nSPS) is 28.0. The number of carbonyl (C=O) groups excluding carboxylic acids is 1. The zero-order chi connectivity index (χ0) is 11.5. The summed E-state index contributed by atoms with van der Waals surface area (Å²) >= 11 is 0. The summed E-state index contributed by atoms with van der Waals surface area (Å²) in [7, 11) is 1.47. The number of hydrogen-bond donors (Lipinski definition) is 1. The second-order valence-electron chi connectivity index (χ2n) is 5.00. The Hall–Kier alpha value is -0.610. The molecular weight excluding hydrogens is 204 g/mol. The van der Waals surface area contributed by atoms with Gasteiger partial charge in [-0.2, -0.15) is 0 Å². The van der Waals surface area contributed by atoms with Crippen LogP contribution >= 0.6 is 0 Å². The molecule has 2 unspecified atom stereocenters. The van der Waals surface area contributed by atoms with E-state index in [0.29, 0.717) is 12.1 Å². The predicted octanol–water partition coefficient (Wildman–Crippen LogP) is 0.764. The van der Waals surface area contributed by atoms with E-state index in [1.54, 1.807) is 0 Å². The van der Waals surface area contributed by atoms with Crippen molar-refractivity contribution in [2.75, 3.05) is 20.2 Å². The molecule has 4 nitrogen and oxygen atoms in total. The summed E-state index contributed by atoms with van der Waals surface area (Å²) in [5.41, 5.74) is 0. The highest BCUT2D eigenvalue weighted by molar-refractivity contribution is 5.76. The smallest absolute Gasteiger partial charge is 0.324 e. The van der Waals surface area contributed by atoms with Crippen molar-refractivity contribution in [1.29, 1.82) is 0 Å². The van der Waals surface area contributed by atoms with E-state index in [9.17, 15) is 4.79 Å². The van der Waals surface area contributed by atoms with Crippen molar-refractivity contribution < 1.29 is 9.53 Å². The first-order valence-corrected chi connectivity index (χ1v) is 6.28. The van der Waals surface area contributed by atoms with Gasteiger partial charge >= 0.3 is 5.97 Å². The van der Waals surface area contributed by atoms with Crippen molar-refractivity contribution >= 4 is 5.97 Å². The minimum atomic E-state index is -0.141. The van der Waals surface area contributed by atoms with Gasteiger partial charge in [0.2, 0.25) is 0 Å². The van der Waals surface area contributed by atoms with Gasteiger partial charge in [0.15, 0.2) is 0 Å². The van der Waals surface area contributed by atoms with Gasteiger partial charge in [0.05, 0.1) is 7.11 Å². The van der Waals surface area contributed by atoms with Crippen LogP contribution in [0.3, 0.4) is 0 Å². The van der Waals surface area contributed by atoms with Crippen molar-refractivity contribution in [3.05, 3.63) is 0 Å². The van der Waals surface area contributed by atoms with E-state index in [1.807, 2.05) is 0 Å². The fraction of sp³-hybridized carbons (Fsp3) is 0.917. The van der Waals surface area contributed by atoms with Gasteiger partial charge in [-0.15, -0.1) is 0 Å². The largest absolute Gasteiger partial charge is 0.468 e. The van der Waals surface area contributed by atoms with Crippen molar-refractivity contribution in [1.82, 2.24) is 10.2 Å². The molecule has 0 aromatic rings. The molecule has 0 aromatic heterocycles. The Balaban J connectivity index is 1.87. The summed E-state index contributed by atoms with van der Waals surface area (Å²) in [6.45, 7) is 4.14. The second kappa shape index (κ2) is 5.15. The number of esters is 1. The summed E-state index contributed by atoms with van der Waals surface area (Å²) < 4.78 is 4.86. The number of carbonyl (C=O) groups is 1. The van der Waals surface area contributed by atoms with Crippen LogP contribution in [-0.2, 0) is 9.53 Å². The van der Waals surface area contributed by atoms with Crippen LogP contribution in [0.15, 0.2) is 0 Å². The number of rotatable bonds is 5. The van der Waals surface area contributed by atoms with Crippen LogP contribution in [-0.4, -0.2) is 49.2 Å². The summed E-state index contributed by atoms with van der Waals surface area (Å²) in [6.07, 6.45) is 4.89. The molecule has 0 aromatic carbocycles. The predicted molar refractivity (Wildman–Crippen MR) is 62.2 cm³/mol. The first-order valence-electron chi connectivity index (χ1n) is 6.28. The number of hydrogen-bond acceptors (Lipinski definition) is 4.